The minimum absolute atomic E-state index is 0.128. The van der Waals surface area contributed by atoms with Gasteiger partial charge in [-0.2, -0.15) is 4.98 Å². The van der Waals surface area contributed by atoms with E-state index in [9.17, 15) is 9.59 Å². The van der Waals surface area contributed by atoms with Gasteiger partial charge in [-0.15, -0.1) is 0 Å². The minimum atomic E-state index is -0.712. The number of methoxy groups -OCH3 is 2. The van der Waals surface area contributed by atoms with Gasteiger partial charge in [-0.1, -0.05) is 48.5 Å². The molecule has 0 atom stereocenters. The molecule has 2 amide bonds. The number of nitrogens with one attached hydrogen (secondary N) is 2. The van der Waals surface area contributed by atoms with Gasteiger partial charge in [0.05, 0.1) is 31.3 Å². The summed E-state index contributed by atoms with van der Waals surface area (Å²) in [5, 5.41) is 6.62. The molecule has 0 saturated carbocycles. The van der Waals surface area contributed by atoms with Crippen molar-refractivity contribution in [3.05, 3.63) is 130 Å². The molecule has 298 valence electrons. The SMILES string of the molecule is COc1ccc(CNc2ncc3cc(N4CCN(C(=O)OCc5ccccc5)c5c(C)cccc54)c(=O)n(-c4cccc(NC(=O)OC(C)(C)C)c4)c3n2)c(OC)c1. The lowest BCUT2D eigenvalue weighted by Gasteiger charge is -2.38. The van der Waals surface area contributed by atoms with Gasteiger partial charge >= 0.3 is 12.2 Å². The monoisotopic (exact) mass is 783 g/mol. The summed E-state index contributed by atoms with van der Waals surface area (Å²) in [7, 11) is 3.18. The van der Waals surface area contributed by atoms with Crippen molar-refractivity contribution in [2.75, 3.05) is 47.7 Å². The van der Waals surface area contributed by atoms with Crippen LogP contribution in [0.2, 0.25) is 0 Å². The number of hydrogen-bond acceptors (Lipinski definition) is 11. The third kappa shape index (κ3) is 8.50. The zero-order valence-electron chi connectivity index (χ0n) is 33.2. The van der Waals surface area contributed by atoms with Gasteiger partial charge in [-0.3, -0.25) is 19.6 Å². The number of carbonyl (C=O) groups is 2. The van der Waals surface area contributed by atoms with Crippen LogP contribution in [0.3, 0.4) is 0 Å². The van der Waals surface area contributed by atoms with Crippen LogP contribution in [0.1, 0.15) is 37.5 Å². The molecule has 14 heteroatoms. The van der Waals surface area contributed by atoms with Crippen LogP contribution in [-0.4, -0.2) is 59.6 Å². The van der Waals surface area contributed by atoms with Crippen LogP contribution in [-0.2, 0) is 22.6 Å². The standard InChI is InChI=1S/C44H45N7O7/c1-28-12-10-17-35-38(28)50(43(54)57-27-29-13-8-7-9-14-29)21-20-49(35)36-22-31-26-46-41(45-25-30-18-19-34(55-5)24-37(30)56-6)48-39(31)51(40(36)52)33-16-11-15-32(23-33)47-42(53)58-44(2,3)4/h7-19,22-24,26H,20-21,25,27H2,1-6H3,(H,47,53)(H,45,46,48). The molecule has 14 nitrogen and oxygen atoms in total. The fourth-order valence-electron chi connectivity index (χ4n) is 6.79. The molecule has 0 radical (unpaired) electrons. The van der Waals surface area contributed by atoms with Crippen LogP contribution >= 0.6 is 0 Å². The van der Waals surface area contributed by atoms with E-state index in [4.69, 9.17) is 23.9 Å². The lowest BCUT2D eigenvalue weighted by Crippen LogP contribution is -2.44. The number of hydrogen-bond donors (Lipinski definition) is 2. The van der Waals surface area contributed by atoms with Crippen LogP contribution in [0.25, 0.3) is 16.7 Å². The number of rotatable bonds is 10. The third-order valence-corrected chi connectivity index (χ3v) is 9.44. The average molecular weight is 784 g/mol. The maximum Gasteiger partial charge on any atom is 0.414 e. The Morgan fingerprint density at radius 3 is 2.41 bits per heavy atom. The van der Waals surface area contributed by atoms with Crippen LogP contribution in [0, 0.1) is 6.92 Å². The molecule has 4 aromatic carbocycles. The van der Waals surface area contributed by atoms with E-state index in [2.05, 4.69) is 15.6 Å². The highest BCUT2D eigenvalue weighted by molar-refractivity contribution is 5.97. The summed E-state index contributed by atoms with van der Waals surface area (Å²) in [6, 6.07) is 29.4. The molecule has 0 fully saturated rings. The van der Waals surface area contributed by atoms with Crippen molar-refractivity contribution >= 4 is 51.9 Å². The highest BCUT2D eigenvalue weighted by Gasteiger charge is 2.32. The van der Waals surface area contributed by atoms with E-state index >= 15 is 4.79 Å². The molecule has 0 aliphatic carbocycles. The van der Waals surface area contributed by atoms with Gasteiger partial charge in [0.25, 0.3) is 5.56 Å². The summed E-state index contributed by atoms with van der Waals surface area (Å²) in [5.74, 6) is 1.56. The Kier molecular flexibility index (Phi) is 11.2. The fraction of sp³-hybridized carbons (Fsp3) is 0.250. The normalized spacial score (nSPS) is 12.4. The molecule has 58 heavy (non-hydrogen) atoms. The predicted octanol–water partition coefficient (Wildman–Crippen LogP) is 8.36. The van der Waals surface area contributed by atoms with Gasteiger partial charge in [-0.05, 0) is 81.3 Å². The number of aryl methyl sites for hydroxylation is 1. The molecule has 0 unspecified atom stereocenters. The Morgan fingerprint density at radius 1 is 0.862 bits per heavy atom. The molecule has 6 aromatic rings. The smallest absolute Gasteiger partial charge is 0.414 e. The number of pyridine rings is 1. The first kappa shape index (κ1) is 39.2. The first-order chi connectivity index (χ1) is 27.9. The Bertz CT molecular complexity index is 2540. The van der Waals surface area contributed by atoms with Gasteiger partial charge in [0, 0.05) is 48.5 Å². The van der Waals surface area contributed by atoms with E-state index in [0.717, 1.165) is 16.7 Å². The Labute approximate surface area is 336 Å². The third-order valence-electron chi connectivity index (χ3n) is 9.44. The van der Waals surface area contributed by atoms with E-state index in [0.29, 0.717) is 64.1 Å². The molecule has 1 aliphatic heterocycles. The van der Waals surface area contributed by atoms with Gasteiger partial charge < -0.3 is 29.2 Å². The maximum atomic E-state index is 15.0. The van der Waals surface area contributed by atoms with Crippen molar-refractivity contribution in [3.63, 3.8) is 0 Å². The van der Waals surface area contributed by atoms with E-state index < -0.39 is 17.8 Å². The highest BCUT2D eigenvalue weighted by Crippen LogP contribution is 2.40. The second-order valence-corrected chi connectivity index (χ2v) is 14.6. The highest BCUT2D eigenvalue weighted by atomic mass is 16.6. The van der Waals surface area contributed by atoms with E-state index in [1.54, 1.807) is 82.5 Å². The predicted molar refractivity (Wildman–Crippen MR) is 224 cm³/mol. The Morgan fingerprint density at radius 2 is 1.66 bits per heavy atom. The van der Waals surface area contributed by atoms with Crippen LogP contribution in [0.15, 0.2) is 108 Å². The van der Waals surface area contributed by atoms with E-state index in [-0.39, 0.29) is 24.7 Å². The first-order valence-corrected chi connectivity index (χ1v) is 18.8. The topological polar surface area (TPSA) is 149 Å². The van der Waals surface area contributed by atoms with E-state index in [1.165, 1.54) is 4.57 Å². The summed E-state index contributed by atoms with van der Waals surface area (Å²) in [4.78, 5) is 54.4. The number of ether oxygens (including phenoxy) is 4. The second kappa shape index (κ2) is 16.6. The quantitative estimate of drug-likeness (QED) is 0.138. The summed E-state index contributed by atoms with van der Waals surface area (Å²) in [5.41, 5.74) is 4.31. The summed E-state index contributed by atoms with van der Waals surface area (Å²) < 4.78 is 23.7. The minimum Gasteiger partial charge on any atom is -0.497 e. The number of nitrogens with zero attached hydrogens (tertiary/aromatic N) is 5. The molecular weight excluding hydrogens is 739 g/mol. The maximum absolute atomic E-state index is 15.0. The van der Waals surface area contributed by atoms with E-state index in [1.807, 2.05) is 72.5 Å². The Hall–Kier alpha value is -7.09. The molecule has 2 N–H and O–H groups in total. The van der Waals surface area contributed by atoms with Gasteiger partial charge in [0.1, 0.15) is 29.4 Å². The van der Waals surface area contributed by atoms with Crippen molar-refractivity contribution in [1.82, 2.24) is 14.5 Å². The number of amides is 2. The molecule has 0 saturated heterocycles. The zero-order chi connectivity index (χ0) is 41.0. The van der Waals surface area contributed by atoms with Crippen molar-refractivity contribution in [3.8, 4) is 17.2 Å². The average Bonchev–Trinajstić information content (AvgIpc) is 3.21. The van der Waals surface area contributed by atoms with Gasteiger partial charge in [0.2, 0.25) is 5.95 Å². The molecule has 0 bridgehead atoms. The molecule has 1 aliphatic rings. The largest absolute Gasteiger partial charge is 0.497 e. The van der Waals surface area contributed by atoms with Gasteiger partial charge in [0.15, 0.2) is 5.65 Å². The van der Waals surface area contributed by atoms with Crippen LogP contribution < -0.4 is 35.5 Å². The molecule has 0 spiro atoms. The van der Waals surface area contributed by atoms with Crippen molar-refractivity contribution in [2.45, 2.75) is 46.4 Å². The number of fused-ring (bicyclic) bond motifs is 2. The fourth-order valence-corrected chi connectivity index (χ4v) is 6.79. The summed E-state index contributed by atoms with van der Waals surface area (Å²) in [6.45, 7) is 8.27. The molecular formula is C44H45N7O7. The Balaban J connectivity index is 1.29. The number of aromatic nitrogens is 3. The first-order valence-electron chi connectivity index (χ1n) is 18.8. The van der Waals surface area contributed by atoms with Crippen molar-refractivity contribution in [1.29, 1.82) is 0 Å². The number of carbonyl (C=O) groups excluding carboxylic acids is 2. The molecule has 3 heterocycles. The number of para-hydroxylation sites is 1. The second-order valence-electron chi connectivity index (χ2n) is 14.6. The van der Waals surface area contributed by atoms with Crippen molar-refractivity contribution in [2.24, 2.45) is 0 Å². The van der Waals surface area contributed by atoms with Crippen LogP contribution in [0.4, 0.5) is 38.3 Å². The number of benzene rings is 4. The summed E-state index contributed by atoms with van der Waals surface area (Å²) in [6.07, 6.45) is 0.544. The zero-order valence-corrected chi connectivity index (χ0v) is 33.2. The number of anilines is 5. The van der Waals surface area contributed by atoms with Crippen LogP contribution in [0.5, 0.6) is 11.5 Å². The van der Waals surface area contributed by atoms with Crippen molar-refractivity contribution < 1.29 is 28.5 Å². The van der Waals surface area contributed by atoms with Gasteiger partial charge in [-0.25, -0.2) is 14.6 Å². The lowest BCUT2D eigenvalue weighted by atomic mass is 10.1. The summed E-state index contributed by atoms with van der Waals surface area (Å²) >= 11 is 0. The lowest BCUT2D eigenvalue weighted by molar-refractivity contribution is 0.0636. The molecule has 2 aromatic heterocycles. The molecule has 7 rings (SSSR count).